The predicted molar refractivity (Wildman–Crippen MR) is 72.4 cm³/mol. The van der Waals surface area contributed by atoms with E-state index < -0.39 is 9.05 Å². The first-order chi connectivity index (χ1) is 8.38. The maximum absolute atomic E-state index is 10.6. The zero-order chi connectivity index (χ0) is 13.6. The molecule has 0 radical (unpaired) electrons. The molecule has 102 valence electrons. The molecule has 0 saturated heterocycles. The van der Waals surface area contributed by atoms with Crippen molar-refractivity contribution in [2.24, 2.45) is 0 Å². The van der Waals surface area contributed by atoms with E-state index in [2.05, 4.69) is 0 Å². The molecule has 1 aromatic rings. The quantitative estimate of drug-likeness (QED) is 0.568. The summed E-state index contributed by atoms with van der Waals surface area (Å²) in [5, 5.41) is 0.932. The molecule has 0 fully saturated rings. The molecule has 0 amide bonds. The van der Waals surface area contributed by atoms with Crippen LogP contribution < -0.4 is 4.74 Å². The van der Waals surface area contributed by atoms with Gasteiger partial charge in [-0.15, -0.1) is 0 Å². The monoisotopic (exact) mass is 332 g/mol. The van der Waals surface area contributed by atoms with Crippen LogP contribution in [-0.2, 0) is 13.8 Å². The average molecular weight is 334 g/mol. The van der Waals surface area contributed by atoms with Crippen LogP contribution in [0.2, 0.25) is 10.0 Å². The third-order valence-corrected chi connectivity index (χ3v) is 3.50. The highest BCUT2D eigenvalue weighted by molar-refractivity contribution is 8.13. The van der Waals surface area contributed by atoms with Gasteiger partial charge in [0.2, 0.25) is 9.05 Å². The third kappa shape index (κ3) is 6.66. The van der Waals surface area contributed by atoms with Crippen LogP contribution in [0, 0.1) is 0 Å². The standard InChI is InChI=1S/C10H11Cl3O4S/c11-8-1-2-10(9(12)7-8)17-4-3-16-5-6-18(13,14)15/h1-2,7H,3-6H2. The predicted octanol–water partition coefficient (Wildman–Crippen LogP) is 2.96. The Hall–Kier alpha value is -0.200. The van der Waals surface area contributed by atoms with Crippen molar-refractivity contribution in [3.05, 3.63) is 28.2 Å². The minimum Gasteiger partial charge on any atom is -0.490 e. The summed E-state index contributed by atoms with van der Waals surface area (Å²) in [6.45, 7) is 0.526. The van der Waals surface area contributed by atoms with Gasteiger partial charge in [-0.25, -0.2) is 8.42 Å². The summed E-state index contributed by atoms with van der Waals surface area (Å²) in [6, 6.07) is 4.87. The van der Waals surface area contributed by atoms with Gasteiger partial charge in [-0.3, -0.25) is 0 Å². The fraction of sp³-hybridized carbons (Fsp3) is 0.400. The molecule has 0 aliphatic heterocycles. The Bertz CT molecular complexity index is 490. The first kappa shape index (κ1) is 15.9. The summed E-state index contributed by atoms with van der Waals surface area (Å²) in [7, 11) is 1.50. The number of benzene rings is 1. The molecule has 0 saturated carbocycles. The molecule has 0 atom stereocenters. The van der Waals surface area contributed by atoms with E-state index in [1.165, 1.54) is 0 Å². The highest BCUT2D eigenvalue weighted by atomic mass is 35.7. The second-order valence-electron chi connectivity index (χ2n) is 3.28. The molecule has 4 nitrogen and oxygen atoms in total. The number of hydrogen-bond donors (Lipinski definition) is 0. The second kappa shape index (κ2) is 7.40. The fourth-order valence-electron chi connectivity index (χ4n) is 1.06. The summed E-state index contributed by atoms with van der Waals surface area (Å²) in [6.07, 6.45) is 0. The first-order valence-corrected chi connectivity index (χ1v) is 8.20. The van der Waals surface area contributed by atoms with E-state index in [0.717, 1.165) is 0 Å². The lowest BCUT2D eigenvalue weighted by atomic mass is 10.3. The molecule has 0 heterocycles. The zero-order valence-corrected chi connectivity index (χ0v) is 12.3. The van der Waals surface area contributed by atoms with E-state index in [0.29, 0.717) is 15.8 Å². The van der Waals surface area contributed by atoms with Crippen LogP contribution >= 0.6 is 33.9 Å². The number of hydrogen-bond acceptors (Lipinski definition) is 4. The maximum atomic E-state index is 10.6. The van der Waals surface area contributed by atoms with Crippen molar-refractivity contribution in [1.82, 2.24) is 0 Å². The minimum absolute atomic E-state index is 0.0313. The maximum Gasteiger partial charge on any atom is 0.234 e. The van der Waals surface area contributed by atoms with E-state index in [1.807, 2.05) is 0 Å². The zero-order valence-electron chi connectivity index (χ0n) is 9.24. The lowest BCUT2D eigenvalue weighted by Gasteiger charge is -2.08. The summed E-state index contributed by atoms with van der Waals surface area (Å²) < 4.78 is 31.5. The molecule has 18 heavy (non-hydrogen) atoms. The van der Waals surface area contributed by atoms with Gasteiger partial charge in [0.25, 0.3) is 0 Å². The van der Waals surface area contributed by atoms with E-state index in [9.17, 15) is 8.42 Å². The molecule has 8 heteroatoms. The normalized spacial score (nSPS) is 11.5. The van der Waals surface area contributed by atoms with Crippen molar-refractivity contribution in [2.45, 2.75) is 0 Å². The molecule has 0 bridgehead atoms. The fourth-order valence-corrected chi connectivity index (χ4v) is 2.03. The Morgan fingerprint density at radius 1 is 1.11 bits per heavy atom. The summed E-state index contributed by atoms with van der Waals surface area (Å²) in [5.41, 5.74) is 0. The van der Waals surface area contributed by atoms with Crippen LogP contribution in [0.3, 0.4) is 0 Å². The summed E-state index contributed by atoms with van der Waals surface area (Å²) >= 11 is 11.6. The minimum atomic E-state index is -3.50. The van der Waals surface area contributed by atoms with Crippen LogP contribution in [0.4, 0.5) is 0 Å². The van der Waals surface area contributed by atoms with Crippen LogP contribution in [0.1, 0.15) is 0 Å². The van der Waals surface area contributed by atoms with Gasteiger partial charge in [0.15, 0.2) is 0 Å². The van der Waals surface area contributed by atoms with Gasteiger partial charge in [0.1, 0.15) is 12.4 Å². The Morgan fingerprint density at radius 2 is 1.83 bits per heavy atom. The van der Waals surface area contributed by atoms with Gasteiger partial charge < -0.3 is 9.47 Å². The van der Waals surface area contributed by atoms with Crippen molar-refractivity contribution in [3.8, 4) is 5.75 Å². The Morgan fingerprint density at radius 3 is 2.44 bits per heavy atom. The summed E-state index contributed by atoms with van der Waals surface area (Å²) in [4.78, 5) is 0. The lowest BCUT2D eigenvalue weighted by Crippen LogP contribution is -2.12. The molecular weight excluding hydrogens is 323 g/mol. The average Bonchev–Trinajstić information content (AvgIpc) is 2.24. The van der Waals surface area contributed by atoms with Gasteiger partial charge >= 0.3 is 0 Å². The highest BCUT2D eigenvalue weighted by Gasteiger charge is 2.05. The number of rotatable bonds is 7. The van der Waals surface area contributed by atoms with Gasteiger partial charge in [-0.1, -0.05) is 23.2 Å². The molecule has 1 rings (SSSR count). The van der Waals surface area contributed by atoms with Crippen molar-refractivity contribution in [1.29, 1.82) is 0 Å². The molecule has 1 aromatic carbocycles. The number of halogens is 3. The number of ether oxygens (including phenoxy) is 2. The van der Waals surface area contributed by atoms with E-state index in [1.54, 1.807) is 18.2 Å². The van der Waals surface area contributed by atoms with Crippen molar-refractivity contribution < 1.29 is 17.9 Å². The molecule has 0 aliphatic carbocycles. The SMILES string of the molecule is O=S(=O)(Cl)CCOCCOc1ccc(Cl)cc1Cl. The van der Waals surface area contributed by atoms with Crippen molar-refractivity contribution in [3.63, 3.8) is 0 Å². The van der Waals surface area contributed by atoms with E-state index >= 15 is 0 Å². The van der Waals surface area contributed by atoms with Gasteiger partial charge in [-0.05, 0) is 18.2 Å². The summed E-state index contributed by atoms with van der Waals surface area (Å²) in [5.74, 6) is 0.269. The van der Waals surface area contributed by atoms with Gasteiger partial charge in [0.05, 0.1) is 24.0 Å². The van der Waals surface area contributed by atoms with E-state index in [4.69, 9.17) is 43.4 Å². The smallest absolute Gasteiger partial charge is 0.234 e. The topological polar surface area (TPSA) is 52.6 Å². The Balaban J connectivity index is 2.22. The van der Waals surface area contributed by atoms with Crippen LogP contribution in [0.5, 0.6) is 5.75 Å². The molecule has 0 N–H and O–H groups in total. The van der Waals surface area contributed by atoms with Crippen LogP contribution in [0.15, 0.2) is 18.2 Å². The molecule has 0 aromatic heterocycles. The largest absolute Gasteiger partial charge is 0.490 e. The molecule has 0 spiro atoms. The first-order valence-electron chi connectivity index (χ1n) is 4.96. The third-order valence-electron chi connectivity index (χ3n) is 1.85. The molecule has 0 aliphatic rings. The highest BCUT2D eigenvalue weighted by Crippen LogP contribution is 2.27. The Kier molecular flexibility index (Phi) is 6.52. The lowest BCUT2D eigenvalue weighted by molar-refractivity contribution is 0.111. The van der Waals surface area contributed by atoms with Gasteiger partial charge in [0, 0.05) is 15.7 Å². The molecule has 0 unspecified atom stereocenters. The Labute approximate surface area is 120 Å². The van der Waals surface area contributed by atoms with Crippen molar-refractivity contribution >= 4 is 42.9 Å². The second-order valence-corrected chi connectivity index (χ2v) is 7.02. The van der Waals surface area contributed by atoms with Crippen LogP contribution in [-0.4, -0.2) is 34.0 Å². The van der Waals surface area contributed by atoms with E-state index in [-0.39, 0.29) is 25.6 Å². The molecular formula is C10H11Cl3O4S. The van der Waals surface area contributed by atoms with Gasteiger partial charge in [-0.2, -0.15) is 0 Å². The van der Waals surface area contributed by atoms with Crippen molar-refractivity contribution in [2.75, 3.05) is 25.6 Å². The van der Waals surface area contributed by atoms with Crippen LogP contribution in [0.25, 0.3) is 0 Å².